The Balaban J connectivity index is 2.42. The summed E-state index contributed by atoms with van der Waals surface area (Å²) in [6.07, 6.45) is 1.12. The van der Waals surface area contributed by atoms with E-state index in [9.17, 15) is 8.42 Å². The van der Waals surface area contributed by atoms with Crippen molar-refractivity contribution in [1.82, 2.24) is 4.98 Å². The molecular formula is C11H15ClN2O3S. The molecule has 2 heterocycles. The van der Waals surface area contributed by atoms with E-state index in [4.69, 9.17) is 16.3 Å². The Bertz CT molecular complexity index is 547. The number of hydrogen-bond donors (Lipinski definition) is 0. The number of pyridine rings is 1. The Labute approximate surface area is 112 Å². The normalized spacial score (nSPS) is 21.1. The van der Waals surface area contributed by atoms with E-state index >= 15 is 0 Å². The van der Waals surface area contributed by atoms with Crippen LogP contribution < -0.4 is 4.90 Å². The standard InChI is InChI=1S/C11H15ClN2O3S/c1-8-7-17-4-3-14(8)9-5-10(12)13-11(6-9)18(2,15)16/h5-6,8H,3-4,7H2,1-2H3/t8-/m0/s1. The van der Waals surface area contributed by atoms with Crippen LogP contribution in [0.25, 0.3) is 0 Å². The first-order valence-electron chi connectivity index (χ1n) is 5.60. The maximum atomic E-state index is 11.5. The summed E-state index contributed by atoms with van der Waals surface area (Å²) in [5.74, 6) is 0. The van der Waals surface area contributed by atoms with Crippen molar-refractivity contribution < 1.29 is 13.2 Å². The third kappa shape index (κ3) is 2.93. The second-order valence-corrected chi connectivity index (χ2v) is 6.73. The van der Waals surface area contributed by atoms with Gasteiger partial charge in [-0.2, -0.15) is 0 Å². The van der Waals surface area contributed by atoms with E-state index < -0.39 is 9.84 Å². The molecule has 18 heavy (non-hydrogen) atoms. The molecule has 100 valence electrons. The van der Waals surface area contributed by atoms with Crippen LogP contribution >= 0.6 is 11.6 Å². The average molecular weight is 291 g/mol. The van der Waals surface area contributed by atoms with Gasteiger partial charge in [-0.1, -0.05) is 11.6 Å². The molecule has 0 bridgehead atoms. The molecule has 0 radical (unpaired) electrons. The predicted molar refractivity (Wildman–Crippen MR) is 70.0 cm³/mol. The number of hydrogen-bond acceptors (Lipinski definition) is 5. The van der Waals surface area contributed by atoms with E-state index in [0.29, 0.717) is 19.8 Å². The fourth-order valence-corrected chi connectivity index (χ4v) is 2.78. The summed E-state index contributed by atoms with van der Waals surface area (Å²) >= 11 is 5.89. The van der Waals surface area contributed by atoms with E-state index in [2.05, 4.69) is 9.88 Å². The van der Waals surface area contributed by atoms with Gasteiger partial charge in [-0.3, -0.25) is 0 Å². The monoisotopic (exact) mass is 290 g/mol. The fourth-order valence-electron chi connectivity index (χ4n) is 1.93. The topological polar surface area (TPSA) is 59.5 Å². The first-order valence-corrected chi connectivity index (χ1v) is 7.87. The van der Waals surface area contributed by atoms with Gasteiger partial charge in [0.2, 0.25) is 0 Å². The molecule has 0 spiro atoms. The Morgan fingerprint density at radius 3 is 2.83 bits per heavy atom. The summed E-state index contributed by atoms with van der Waals surface area (Å²) in [6, 6.07) is 3.42. The van der Waals surface area contributed by atoms with Gasteiger partial charge < -0.3 is 9.64 Å². The number of rotatable bonds is 2. The van der Waals surface area contributed by atoms with E-state index in [1.54, 1.807) is 12.1 Å². The quantitative estimate of drug-likeness (QED) is 0.770. The van der Waals surface area contributed by atoms with E-state index in [-0.39, 0.29) is 16.2 Å². The van der Waals surface area contributed by atoms with Crippen molar-refractivity contribution in [2.75, 3.05) is 30.9 Å². The maximum Gasteiger partial charge on any atom is 0.192 e. The molecule has 1 atom stereocenters. The van der Waals surface area contributed by atoms with Gasteiger partial charge in [0.25, 0.3) is 0 Å². The average Bonchev–Trinajstić information content (AvgIpc) is 2.27. The van der Waals surface area contributed by atoms with Crippen LogP contribution in [0.5, 0.6) is 0 Å². The van der Waals surface area contributed by atoms with Crippen molar-refractivity contribution in [2.45, 2.75) is 18.0 Å². The predicted octanol–water partition coefficient (Wildman–Crippen LogP) is 1.36. The minimum absolute atomic E-state index is 0.00342. The molecule has 0 aliphatic carbocycles. The van der Waals surface area contributed by atoms with Crippen LogP contribution in [0, 0.1) is 0 Å². The van der Waals surface area contributed by atoms with Crippen LogP contribution in [0.3, 0.4) is 0 Å². The highest BCUT2D eigenvalue weighted by Crippen LogP contribution is 2.25. The van der Waals surface area contributed by atoms with Gasteiger partial charge in [-0.05, 0) is 19.1 Å². The summed E-state index contributed by atoms with van der Waals surface area (Å²) in [4.78, 5) is 5.92. The van der Waals surface area contributed by atoms with Crippen LogP contribution in [0.4, 0.5) is 5.69 Å². The first kappa shape index (κ1) is 13.6. The molecule has 0 amide bonds. The lowest BCUT2D eigenvalue weighted by Gasteiger charge is -2.35. The molecule has 7 heteroatoms. The second-order valence-electron chi connectivity index (χ2n) is 4.38. The number of morpholine rings is 1. The summed E-state index contributed by atoms with van der Waals surface area (Å²) < 4.78 is 28.4. The highest BCUT2D eigenvalue weighted by molar-refractivity contribution is 7.90. The van der Waals surface area contributed by atoms with Gasteiger partial charge in [0.1, 0.15) is 5.15 Å². The minimum atomic E-state index is -3.36. The van der Waals surface area contributed by atoms with Crippen LogP contribution in [0.15, 0.2) is 17.2 Å². The summed E-state index contributed by atoms with van der Waals surface area (Å²) in [6.45, 7) is 3.98. The van der Waals surface area contributed by atoms with Crippen molar-refractivity contribution in [3.8, 4) is 0 Å². The molecule has 1 aromatic rings. The molecule has 2 rings (SSSR count). The van der Waals surface area contributed by atoms with Gasteiger partial charge in [0.15, 0.2) is 14.9 Å². The first-order chi connectivity index (χ1) is 8.38. The van der Waals surface area contributed by atoms with Crippen molar-refractivity contribution in [2.24, 2.45) is 0 Å². The Hall–Kier alpha value is -0.850. The highest BCUT2D eigenvalue weighted by atomic mass is 35.5. The molecule has 1 fully saturated rings. The third-order valence-corrected chi connectivity index (χ3v) is 4.00. The summed E-state index contributed by atoms with van der Waals surface area (Å²) in [5.41, 5.74) is 0.770. The zero-order chi connectivity index (χ0) is 13.3. The lowest BCUT2D eigenvalue weighted by molar-refractivity contribution is 0.0989. The van der Waals surface area contributed by atoms with Gasteiger partial charge in [0, 0.05) is 24.5 Å². The Morgan fingerprint density at radius 1 is 1.50 bits per heavy atom. The Kier molecular flexibility index (Phi) is 3.79. The van der Waals surface area contributed by atoms with E-state index in [1.165, 1.54) is 0 Å². The molecule has 1 aliphatic heterocycles. The van der Waals surface area contributed by atoms with Crippen molar-refractivity contribution in [3.05, 3.63) is 17.3 Å². The Morgan fingerprint density at radius 2 is 2.22 bits per heavy atom. The SMILES string of the molecule is C[C@H]1COCCN1c1cc(Cl)nc(S(C)(=O)=O)c1. The molecule has 0 saturated carbocycles. The molecule has 1 aliphatic rings. The van der Waals surface area contributed by atoms with Crippen LogP contribution in [0.1, 0.15) is 6.92 Å². The molecule has 0 aromatic carbocycles. The number of sulfone groups is 1. The zero-order valence-electron chi connectivity index (χ0n) is 10.3. The number of anilines is 1. The van der Waals surface area contributed by atoms with Crippen molar-refractivity contribution in [1.29, 1.82) is 0 Å². The zero-order valence-corrected chi connectivity index (χ0v) is 11.8. The summed E-state index contributed by atoms with van der Waals surface area (Å²) in [7, 11) is -3.36. The van der Waals surface area contributed by atoms with Crippen molar-refractivity contribution >= 4 is 27.1 Å². The van der Waals surface area contributed by atoms with Crippen molar-refractivity contribution in [3.63, 3.8) is 0 Å². The molecule has 0 N–H and O–H groups in total. The van der Waals surface area contributed by atoms with E-state index in [0.717, 1.165) is 11.9 Å². The lowest BCUT2D eigenvalue weighted by atomic mass is 10.2. The highest BCUT2D eigenvalue weighted by Gasteiger charge is 2.21. The number of ether oxygens (including phenoxy) is 1. The van der Waals surface area contributed by atoms with Crippen LogP contribution in [-0.4, -0.2) is 45.5 Å². The molecule has 0 unspecified atom stereocenters. The minimum Gasteiger partial charge on any atom is -0.377 e. The van der Waals surface area contributed by atoms with Gasteiger partial charge in [-0.25, -0.2) is 13.4 Å². The van der Waals surface area contributed by atoms with Gasteiger partial charge in [0.05, 0.1) is 13.2 Å². The second kappa shape index (κ2) is 5.03. The number of halogens is 1. The van der Waals surface area contributed by atoms with Gasteiger partial charge in [-0.15, -0.1) is 0 Å². The molecule has 1 saturated heterocycles. The number of aromatic nitrogens is 1. The van der Waals surface area contributed by atoms with Crippen LogP contribution in [0.2, 0.25) is 5.15 Å². The maximum absolute atomic E-state index is 11.5. The molecule has 5 nitrogen and oxygen atoms in total. The molecular weight excluding hydrogens is 276 g/mol. The van der Waals surface area contributed by atoms with Gasteiger partial charge >= 0.3 is 0 Å². The number of nitrogens with zero attached hydrogens (tertiary/aromatic N) is 2. The lowest BCUT2D eigenvalue weighted by Crippen LogP contribution is -2.43. The van der Waals surface area contributed by atoms with Crippen LogP contribution in [-0.2, 0) is 14.6 Å². The fraction of sp³-hybridized carbons (Fsp3) is 0.545. The molecule has 1 aromatic heterocycles. The smallest absolute Gasteiger partial charge is 0.192 e. The third-order valence-electron chi connectivity index (χ3n) is 2.83. The summed E-state index contributed by atoms with van der Waals surface area (Å²) in [5, 5.41) is 0.190. The largest absolute Gasteiger partial charge is 0.377 e. The van der Waals surface area contributed by atoms with E-state index in [1.807, 2.05) is 6.92 Å².